The maximum atomic E-state index is 2.55. The molecule has 11 rings (SSSR count). The maximum absolute atomic E-state index is 2.55. The topological polar surface area (TPSA) is 9.86 Å². The van der Waals surface area contributed by atoms with Gasteiger partial charge in [-0.2, -0.15) is 0 Å². The quantitative estimate of drug-likeness (QED) is 0.165. The van der Waals surface area contributed by atoms with Crippen LogP contribution in [-0.4, -0.2) is 9.13 Å². The standard InChI is InChI=1S/C44H28N2S.C2H6/c1-2-13-28(14-3-1)45-38-23-22-34-33-19-9-11-21-42(33)47-44(34)43(38)36-25-35-32-18-8-10-20-37(32)46(40(35)26-41(36)45)39-24-27-12-4-5-15-29(27)30-16-6-7-17-31(30)39;1-2/h1-21,24-26H,22-23H2;1-2H3. The van der Waals surface area contributed by atoms with Gasteiger partial charge in [-0.25, -0.2) is 0 Å². The number of nitrogens with zero attached hydrogens (tertiary/aromatic N) is 2. The summed E-state index contributed by atoms with van der Waals surface area (Å²) in [4.78, 5) is 1.44. The number of hydrogen-bond acceptors (Lipinski definition) is 1. The molecule has 234 valence electrons. The molecule has 1 aliphatic rings. The molecule has 0 saturated carbocycles. The van der Waals surface area contributed by atoms with Crippen LogP contribution >= 0.6 is 11.3 Å². The summed E-state index contributed by atoms with van der Waals surface area (Å²) in [6.45, 7) is 4.00. The molecule has 0 unspecified atom stereocenters. The molecule has 3 heterocycles. The van der Waals surface area contributed by atoms with E-state index < -0.39 is 0 Å². The van der Waals surface area contributed by atoms with Crippen LogP contribution in [0.25, 0.3) is 86.2 Å². The van der Waals surface area contributed by atoms with E-state index in [1.54, 1.807) is 0 Å². The molecule has 0 spiro atoms. The van der Waals surface area contributed by atoms with Gasteiger partial charge in [0.2, 0.25) is 0 Å². The second-order valence-corrected chi connectivity index (χ2v) is 13.9. The molecular formula is C46H34N2S. The molecule has 0 radical (unpaired) electrons. The number of hydrogen-bond donors (Lipinski definition) is 0. The van der Waals surface area contributed by atoms with Crippen LogP contribution in [0.2, 0.25) is 0 Å². The lowest BCUT2D eigenvalue weighted by Gasteiger charge is -2.17. The van der Waals surface area contributed by atoms with Crippen LogP contribution in [-0.2, 0) is 12.8 Å². The summed E-state index contributed by atoms with van der Waals surface area (Å²) in [5.41, 5.74) is 10.5. The second-order valence-electron chi connectivity index (χ2n) is 12.8. The summed E-state index contributed by atoms with van der Waals surface area (Å²) in [5, 5.41) is 10.4. The van der Waals surface area contributed by atoms with Crippen molar-refractivity contribution in [2.45, 2.75) is 26.7 Å². The Hall–Kier alpha value is -5.64. The number of fused-ring (bicyclic) bond motifs is 13. The third kappa shape index (κ3) is 4.00. The average Bonchev–Trinajstić information content (AvgIpc) is 3.82. The highest BCUT2D eigenvalue weighted by molar-refractivity contribution is 7.22. The fraction of sp³-hybridized carbons (Fsp3) is 0.0870. The molecule has 0 fully saturated rings. The van der Waals surface area contributed by atoms with Crippen molar-refractivity contribution in [3.63, 3.8) is 0 Å². The van der Waals surface area contributed by atoms with Crippen molar-refractivity contribution in [2.24, 2.45) is 0 Å². The monoisotopic (exact) mass is 646 g/mol. The summed E-state index contributed by atoms with van der Waals surface area (Å²) < 4.78 is 6.45. The van der Waals surface area contributed by atoms with Crippen molar-refractivity contribution in [1.29, 1.82) is 0 Å². The van der Waals surface area contributed by atoms with Crippen LogP contribution in [0.4, 0.5) is 0 Å². The highest BCUT2D eigenvalue weighted by Crippen LogP contribution is 2.50. The van der Waals surface area contributed by atoms with Gasteiger partial charge in [-0.3, -0.25) is 0 Å². The third-order valence-electron chi connectivity index (χ3n) is 10.4. The Morgan fingerprint density at radius 3 is 1.96 bits per heavy atom. The van der Waals surface area contributed by atoms with E-state index >= 15 is 0 Å². The van der Waals surface area contributed by atoms with Gasteiger partial charge in [0.15, 0.2) is 0 Å². The number of aromatic nitrogens is 2. The Bertz CT molecular complexity index is 2900. The summed E-state index contributed by atoms with van der Waals surface area (Å²) in [6, 6.07) is 53.9. The van der Waals surface area contributed by atoms with E-state index in [1.807, 2.05) is 25.2 Å². The average molecular weight is 647 g/mol. The minimum absolute atomic E-state index is 1.02. The second kappa shape index (κ2) is 10.9. The molecule has 2 nitrogen and oxygen atoms in total. The van der Waals surface area contributed by atoms with Gasteiger partial charge in [-0.15, -0.1) is 11.3 Å². The Balaban J connectivity index is 0.00000150. The first-order valence-corrected chi connectivity index (χ1v) is 18.2. The minimum atomic E-state index is 1.02. The first-order valence-electron chi connectivity index (χ1n) is 17.4. The number of benzene rings is 7. The fourth-order valence-electron chi connectivity index (χ4n) is 8.44. The van der Waals surface area contributed by atoms with Crippen molar-refractivity contribution < 1.29 is 0 Å². The van der Waals surface area contributed by atoms with Crippen LogP contribution in [0, 0.1) is 0 Å². The molecule has 49 heavy (non-hydrogen) atoms. The molecule has 0 atom stereocenters. The summed E-state index contributed by atoms with van der Waals surface area (Å²) >= 11 is 1.96. The molecule has 0 N–H and O–H groups in total. The van der Waals surface area contributed by atoms with E-state index in [2.05, 4.69) is 155 Å². The Labute approximate surface area is 289 Å². The maximum Gasteiger partial charge on any atom is 0.0562 e. The summed E-state index contributed by atoms with van der Waals surface area (Å²) in [7, 11) is 0. The minimum Gasteiger partial charge on any atom is -0.313 e. The summed E-state index contributed by atoms with van der Waals surface area (Å²) in [5.74, 6) is 0. The van der Waals surface area contributed by atoms with Crippen molar-refractivity contribution in [3.8, 4) is 21.8 Å². The largest absolute Gasteiger partial charge is 0.313 e. The molecule has 3 heteroatoms. The summed E-state index contributed by atoms with van der Waals surface area (Å²) in [6.07, 6.45) is 2.08. The molecule has 7 aromatic carbocycles. The molecule has 0 amide bonds. The van der Waals surface area contributed by atoms with Gasteiger partial charge in [-0.1, -0.05) is 117 Å². The zero-order chi connectivity index (χ0) is 32.6. The van der Waals surface area contributed by atoms with Crippen LogP contribution in [0.5, 0.6) is 0 Å². The van der Waals surface area contributed by atoms with Crippen LogP contribution in [0.3, 0.4) is 0 Å². The fourth-order valence-corrected chi connectivity index (χ4v) is 9.77. The molecule has 3 aromatic heterocycles. The predicted molar refractivity (Wildman–Crippen MR) is 212 cm³/mol. The van der Waals surface area contributed by atoms with E-state index in [0.717, 1.165) is 12.8 Å². The first kappa shape index (κ1) is 28.4. The van der Waals surface area contributed by atoms with Gasteiger partial charge in [0, 0.05) is 48.1 Å². The van der Waals surface area contributed by atoms with Crippen molar-refractivity contribution in [3.05, 3.63) is 157 Å². The number of thiophene rings is 1. The number of rotatable bonds is 2. The van der Waals surface area contributed by atoms with Crippen molar-refractivity contribution in [1.82, 2.24) is 9.13 Å². The van der Waals surface area contributed by atoms with E-state index in [4.69, 9.17) is 0 Å². The zero-order valence-electron chi connectivity index (χ0n) is 27.6. The highest BCUT2D eigenvalue weighted by atomic mass is 32.1. The van der Waals surface area contributed by atoms with Crippen molar-refractivity contribution >= 4 is 75.7 Å². The Kier molecular flexibility index (Phi) is 6.34. The van der Waals surface area contributed by atoms with Gasteiger partial charge in [0.25, 0.3) is 0 Å². The lowest BCUT2D eigenvalue weighted by molar-refractivity contribution is 0.874. The lowest BCUT2D eigenvalue weighted by atomic mass is 9.92. The van der Waals surface area contributed by atoms with Gasteiger partial charge >= 0.3 is 0 Å². The van der Waals surface area contributed by atoms with E-state index in [0.29, 0.717) is 0 Å². The van der Waals surface area contributed by atoms with Gasteiger partial charge < -0.3 is 9.13 Å². The van der Waals surface area contributed by atoms with Gasteiger partial charge in [0.1, 0.15) is 0 Å². The Morgan fingerprint density at radius 2 is 1.12 bits per heavy atom. The lowest BCUT2D eigenvalue weighted by Crippen LogP contribution is -2.06. The predicted octanol–water partition coefficient (Wildman–Crippen LogP) is 13.0. The van der Waals surface area contributed by atoms with Gasteiger partial charge in [0.05, 0.1) is 22.2 Å². The molecule has 0 aliphatic heterocycles. The normalized spacial score (nSPS) is 12.5. The van der Waals surface area contributed by atoms with Crippen molar-refractivity contribution in [2.75, 3.05) is 0 Å². The Morgan fingerprint density at radius 1 is 0.469 bits per heavy atom. The van der Waals surface area contributed by atoms with E-state index in [1.165, 1.54) is 97.4 Å². The first-order chi connectivity index (χ1) is 24.3. The van der Waals surface area contributed by atoms with Crippen LogP contribution < -0.4 is 0 Å². The number of para-hydroxylation sites is 2. The molecular weight excluding hydrogens is 613 g/mol. The van der Waals surface area contributed by atoms with Crippen LogP contribution in [0.15, 0.2) is 146 Å². The molecule has 1 aliphatic carbocycles. The van der Waals surface area contributed by atoms with Crippen LogP contribution in [0.1, 0.15) is 25.1 Å². The number of aryl methyl sites for hydroxylation is 1. The third-order valence-corrected chi connectivity index (χ3v) is 11.6. The zero-order valence-corrected chi connectivity index (χ0v) is 28.4. The molecule has 0 bridgehead atoms. The SMILES string of the molecule is CC.c1ccc(-n2c3c(c4cc5c6ccccc6n(-c6cc7ccccc7c7ccccc67)c5cc42)-c2sc4ccccc4c2CC3)cc1. The van der Waals surface area contributed by atoms with Gasteiger partial charge in [-0.05, 0) is 82.4 Å². The van der Waals surface area contributed by atoms with E-state index in [9.17, 15) is 0 Å². The highest BCUT2D eigenvalue weighted by Gasteiger charge is 2.29. The molecule has 10 aromatic rings. The molecule has 0 saturated heterocycles. The van der Waals surface area contributed by atoms with E-state index in [-0.39, 0.29) is 0 Å². The smallest absolute Gasteiger partial charge is 0.0562 e.